The van der Waals surface area contributed by atoms with Crippen LogP contribution in [0.4, 0.5) is 5.69 Å². The van der Waals surface area contributed by atoms with Gasteiger partial charge in [0.1, 0.15) is 6.61 Å². The van der Waals surface area contributed by atoms with E-state index in [1.165, 1.54) is 11.3 Å². The monoisotopic (exact) mass is 325 g/mol. The summed E-state index contributed by atoms with van der Waals surface area (Å²) in [5.74, 6) is 5.01. The van der Waals surface area contributed by atoms with Crippen LogP contribution in [0.15, 0.2) is 29.6 Å². The second-order valence-electron chi connectivity index (χ2n) is 3.77. The Morgan fingerprint density at radius 2 is 1.95 bits per heavy atom. The summed E-state index contributed by atoms with van der Waals surface area (Å²) < 4.78 is 0. The number of rotatable bonds is 2. The van der Waals surface area contributed by atoms with Crippen molar-refractivity contribution in [3.8, 4) is 11.8 Å². The zero-order valence-corrected chi connectivity index (χ0v) is 12.4. The standard InChI is InChI=1S/C14H9Cl2NO2S/c15-10-5-11(16)7-12(6-10)17-14(19)9-4-13(20-8-9)2-1-3-18/h4-8,18H,3H2,(H,17,19). The fourth-order valence-electron chi connectivity index (χ4n) is 1.48. The summed E-state index contributed by atoms with van der Waals surface area (Å²) in [5, 5.41) is 13.9. The maximum atomic E-state index is 12.0. The number of carbonyl (C=O) groups excluding carboxylic acids is 1. The molecule has 1 heterocycles. The highest BCUT2D eigenvalue weighted by atomic mass is 35.5. The quantitative estimate of drug-likeness (QED) is 0.828. The molecular formula is C14H9Cl2NO2S. The van der Waals surface area contributed by atoms with Crippen molar-refractivity contribution in [2.75, 3.05) is 11.9 Å². The summed E-state index contributed by atoms with van der Waals surface area (Å²) in [6.07, 6.45) is 0. The average Bonchev–Trinajstić information content (AvgIpc) is 2.83. The number of hydrogen-bond donors (Lipinski definition) is 2. The largest absolute Gasteiger partial charge is 0.384 e. The molecule has 0 aliphatic rings. The molecule has 0 saturated carbocycles. The molecule has 0 aliphatic carbocycles. The van der Waals surface area contributed by atoms with Crippen molar-refractivity contribution in [2.45, 2.75) is 0 Å². The molecule has 0 fully saturated rings. The van der Waals surface area contributed by atoms with Crippen molar-refractivity contribution >= 4 is 46.1 Å². The summed E-state index contributed by atoms with van der Waals surface area (Å²) in [6.45, 7) is -0.208. The number of anilines is 1. The maximum Gasteiger partial charge on any atom is 0.256 e. The molecule has 3 nitrogen and oxygen atoms in total. The third kappa shape index (κ3) is 3.99. The van der Waals surface area contributed by atoms with Gasteiger partial charge in [0, 0.05) is 21.1 Å². The highest BCUT2D eigenvalue weighted by Crippen LogP contribution is 2.23. The number of aliphatic hydroxyl groups excluding tert-OH is 1. The van der Waals surface area contributed by atoms with Crippen LogP contribution in [0.2, 0.25) is 10.0 Å². The first-order chi connectivity index (χ1) is 9.58. The lowest BCUT2D eigenvalue weighted by molar-refractivity contribution is 0.102. The molecule has 2 aromatic rings. The maximum absolute atomic E-state index is 12.0. The number of carbonyl (C=O) groups is 1. The highest BCUT2D eigenvalue weighted by Gasteiger charge is 2.09. The Balaban J connectivity index is 2.13. The fourth-order valence-corrected chi connectivity index (χ4v) is 2.76. The van der Waals surface area contributed by atoms with E-state index < -0.39 is 0 Å². The summed E-state index contributed by atoms with van der Waals surface area (Å²) in [7, 11) is 0. The van der Waals surface area contributed by atoms with Crippen molar-refractivity contribution in [1.82, 2.24) is 0 Å². The predicted molar refractivity (Wildman–Crippen MR) is 82.7 cm³/mol. The predicted octanol–water partition coefficient (Wildman–Crippen LogP) is 3.65. The molecule has 0 spiro atoms. The van der Waals surface area contributed by atoms with Gasteiger partial charge in [0.15, 0.2) is 0 Å². The van der Waals surface area contributed by atoms with E-state index in [4.69, 9.17) is 28.3 Å². The number of thiophene rings is 1. The van der Waals surface area contributed by atoms with E-state index in [-0.39, 0.29) is 12.5 Å². The molecule has 0 bridgehead atoms. The molecule has 6 heteroatoms. The SMILES string of the molecule is O=C(Nc1cc(Cl)cc(Cl)c1)c1csc(C#CCO)c1. The summed E-state index contributed by atoms with van der Waals surface area (Å²) in [6, 6.07) is 6.48. The lowest BCUT2D eigenvalue weighted by Gasteiger charge is -2.04. The Labute approximate surface area is 130 Å². The van der Waals surface area contributed by atoms with E-state index in [2.05, 4.69) is 17.2 Å². The Kier molecular flexibility index (Phi) is 5.05. The molecule has 1 aromatic heterocycles. The minimum Gasteiger partial charge on any atom is -0.384 e. The van der Waals surface area contributed by atoms with Gasteiger partial charge in [-0.1, -0.05) is 35.0 Å². The second kappa shape index (κ2) is 6.78. The van der Waals surface area contributed by atoms with Gasteiger partial charge in [-0.3, -0.25) is 4.79 Å². The summed E-state index contributed by atoms with van der Waals surface area (Å²) >= 11 is 13.1. The molecule has 1 amide bonds. The van der Waals surface area contributed by atoms with Gasteiger partial charge in [-0.2, -0.15) is 0 Å². The molecule has 0 radical (unpaired) electrons. The Morgan fingerprint density at radius 3 is 2.60 bits per heavy atom. The van der Waals surface area contributed by atoms with Gasteiger partial charge >= 0.3 is 0 Å². The first-order valence-electron chi connectivity index (χ1n) is 5.54. The van der Waals surface area contributed by atoms with Gasteiger partial charge in [-0.25, -0.2) is 0 Å². The van der Waals surface area contributed by atoms with Crippen LogP contribution < -0.4 is 5.32 Å². The van der Waals surface area contributed by atoms with E-state index in [1.54, 1.807) is 29.6 Å². The first kappa shape index (κ1) is 14.9. The van der Waals surface area contributed by atoms with Crippen LogP contribution in [0.1, 0.15) is 15.2 Å². The first-order valence-corrected chi connectivity index (χ1v) is 7.18. The smallest absolute Gasteiger partial charge is 0.256 e. The zero-order chi connectivity index (χ0) is 14.5. The molecular weight excluding hydrogens is 317 g/mol. The molecule has 1 aromatic carbocycles. The number of amides is 1. The third-order valence-corrected chi connectivity index (χ3v) is 3.55. The summed E-state index contributed by atoms with van der Waals surface area (Å²) in [4.78, 5) is 12.8. The van der Waals surface area contributed by atoms with Gasteiger partial charge in [0.25, 0.3) is 5.91 Å². The van der Waals surface area contributed by atoms with E-state index >= 15 is 0 Å². The van der Waals surface area contributed by atoms with Gasteiger partial charge in [-0.15, -0.1) is 11.3 Å². The lowest BCUT2D eigenvalue weighted by atomic mass is 10.2. The van der Waals surface area contributed by atoms with Crippen LogP contribution in [0.5, 0.6) is 0 Å². The van der Waals surface area contributed by atoms with Crippen molar-refractivity contribution in [1.29, 1.82) is 0 Å². The number of benzene rings is 1. The van der Waals surface area contributed by atoms with E-state index in [0.29, 0.717) is 26.2 Å². The van der Waals surface area contributed by atoms with E-state index in [1.807, 2.05) is 0 Å². The van der Waals surface area contributed by atoms with Crippen molar-refractivity contribution < 1.29 is 9.90 Å². The van der Waals surface area contributed by atoms with E-state index in [9.17, 15) is 4.79 Å². The fraction of sp³-hybridized carbons (Fsp3) is 0.0714. The number of hydrogen-bond acceptors (Lipinski definition) is 3. The minimum absolute atomic E-state index is 0.208. The molecule has 0 saturated heterocycles. The Morgan fingerprint density at radius 1 is 1.25 bits per heavy atom. The van der Waals surface area contributed by atoms with Crippen LogP contribution in [0.25, 0.3) is 0 Å². The van der Waals surface area contributed by atoms with Gasteiger partial charge in [0.2, 0.25) is 0 Å². The van der Waals surface area contributed by atoms with Crippen molar-refractivity contribution in [3.63, 3.8) is 0 Å². The van der Waals surface area contributed by atoms with Gasteiger partial charge in [-0.05, 0) is 24.3 Å². The topological polar surface area (TPSA) is 49.3 Å². The average molecular weight is 326 g/mol. The molecule has 2 N–H and O–H groups in total. The van der Waals surface area contributed by atoms with Crippen LogP contribution >= 0.6 is 34.5 Å². The second-order valence-corrected chi connectivity index (χ2v) is 5.56. The van der Waals surface area contributed by atoms with Crippen LogP contribution in [0, 0.1) is 11.8 Å². The zero-order valence-electron chi connectivity index (χ0n) is 10.1. The Bertz CT molecular complexity index is 680. The van der Waals surface area contributed by atoms with Crippen LogP contribution in [-0.4, -0.2) is 17.6 Å². The number of aliphatic hydroxyl groups is 1. The number of halogens is 2. The van der Waals surface area contributed by atoms with E-state index in [0.717, 1.165) is 0 Å². The molecule has 0 aliphatic heterocycles. The summed E-state index contributed by atoms with van der Waals surface area (Å²) in [5.41, 5.74) is 1.02. The van der Waals surface area contributed by atoms with Crippen LogP contribution in [0.3, 0.4) is 0 Å². The Hall–Kier alpha value is -1.51. The molecule has 20 heavy (non-hydrogen) atoms. The molecule has 2 rings (SSSR count). The van der Waals surface area contributed by atoms with Crippen LogP contribution in [-0.2, 0) is 0 Å². The highest BCUT2D eigenvalue weighted by molar-refractivity contribution is 7.10. The van der Waals surface area contributed by atoms with Crippen molar-refractivity contribution in [2.24, 2.45) is 0 Å². The van der Waals surface area contributed by atoms with Crippen molar-refractivity contribution in [3.05, 3.63) is 50.1 Å². The van der Waals surface area contributed by atoms with Gasteiger partial charge in [0.05, 0.1) is 10.4 Å². The molecule has 0 unspecified atom stereocenters. The molecule has 102 valence electrons. The van der Waals surface area contributed by atoms with Gasteiger partial charge < -0.3 is 10.4 Å². The lowest BCUT2D eigenvalue weighted by Crippen LogP contribution is -2.10. The third-order valence-electron chi connectivity index (χ3n) is 2.27. The minimum atomic E-state index is -0.267. The normalized spacial score (nSPS) is 9.75. The molecule has 0 atom stereocenters. The number of nitrogens with one attached hydrogen (secondary N) is 1.